The summed E-state index contributed by atoms with van der Waals surface area (Å²) in [7, 11) is 0. The van der Waals surface area contributed by atoms with Crippen molar-refractivity contribution in [1.29, 1.82) is 0 Å². The smallest absolute Gasteiger partial charge is 0.406 e. The minimum Gasteiger partial charge on any atom is -0.406 e. The summed E-state index contributed by atoms with van der Waals surface area (Å²) in [5, 5.41) is 0. The van der Waals surface area contributed by atoms with Crippen molar-refractivity contribution < 1.29 is 31.5 Å². The molecule has 0 saturated carbocycles. The topological polar surface area (TPSA) is 57.2 Å². The first-order valence-electron chi connectivity index (χ1n) is 10.8. The Balaban J connectivity index is 2.19. The highest BCUT2D eigenvalue weighted by atomic mass is 19.4. The molecule has 2 N–H and O–H groups in total. The van der Waals surface area contributed by atoms with Gasteiger partial charge in [-0.2, -0.15) is 0 Å². The van der Waals surface area contributed by atoms with Gasteiger partial charge in [0.15, 0.2) is 11.6 Å². The first-order valence-corrected chi connectivity index (χ1v) is 10.8. The largest absolute Gasteiger partial charge is 0.573 e. The Morgan fingerprint density at radius 3 is 2.41 bits per heavy atom. The number of ether oxygens (including phenoxy) is 1. The van der Waals surface area contributed by atoms with Crippen molar-refractivity contribution in [1.82, 2.24) is 4.57 Å². The van der Waals surface area contributed by atoms with Crippen LogP contribution in [0, 0.1) is 18.6 Å². The molecule has 0 saturated heterocycles. The number of hydrogen-bond acceptors (Lipinski definition) is 2. The van der Waals surface area contributed by atoms with Crippen LogP contribution in [0.15, 0.2) is 42.5 Å². The first-order chi connectivity index (χ1) is 16.0. The van der Waals surface area contributed by atoms with Gasteiger partial charge >= 0.3 is 6.36 Å². The Bertz CT molecular complexity index is 1180. The molecule has 0 radical (unpaired) electrons. The first kappa shape index (κ1) is 25.3. The van der Waals surface area contributed by atoms with Crippen LogP contribution in [0.4, 0.5) is 22.0 Å². The van der Waals surface area contributed by atoms with Gasteiger partial charge < -0.3 is 15.0 Å². The fourth-order valence-electron chi connectivity index (χ4n) is 4.10. The Morgan fingerprint density at radius 2 is 1.79 bits per heavy atom. The van der Waals surface area contributed by atoms with Crippen molar-refractivity contribution in [3.05, 3.63) is 76.6 Å². The van der Waals surface area contributed by atoms with Gasteiger partial charge in [-0.3, -0.25) is 4.79 Å². The van der Waals surface area contributed by atoms with Crippen molar-refractivity contribution in [3.63, 3.8) is 0 Å². The molecule has 1 aromatic heterocycles. The zero-order valence-corrected chi connectivity index (χ0v) is 18.8. The lowest BCUT2D eigenvalue weighted by atomic mass is 9.97. The van der Waals surface area contributed by atoms with Crippen LogP contribution in [-0.4, -0.2) is 16.8 Å². The number of rotatable bonds is 9. The zero-order chi connectivity index (χ0) is 25.0. The Morgan fingerprint density at radius 1 is 1.06 bits per heavy atom. The normalized spacial score (nSPS) is 11.6. The van der Waals surface area contributed by atoms with Crippen molar-refractivity contribution >= 4 is 5.91 Å². The number of nitrogens with zero attached hydrogens (tertiary/aromatic N) is 1. The number of alkyl halides is 3. The molecule has 0 fully saturated rings. The summed E-state index contributed by atoms with van der Waals surface area (Å²) in [5.41, 5.74) is 8.24. The third-order valence-electron chi connectivity index (χ3n) is 5.58. The molecule has 0 unspecified atom stereocenters. The molecule has 1 amide bonds. The van der Waals surface area contributed by atoms with Crippen LogP contribution in [0.2, 0.25) is 0 Å². The quantitative estimate of drug-likeness (QED) is 0.280. The van der Waals surface area contributed by atoms with Gasteiger partial charge in [-0.25, -0.2) is 8.78 Å². The van der Waals surface area contributed by atoms with Gasteiger partial charge in [0, 0.05) is 23.5 Å². The fraction of sp³-hybridized carbons (Fsp3) is 0.320. The minimum atomic E-state index is -4.87. The average molecular weight is 480 g/mol. The Hall–Kier alpha value is -3.36. The summed E-state index contributed by atoms with van der Waals surface area (Å²) in [6.07, 6.45) is -1.80. The predicted octanol–water partition coefficient (Wildman–Crippen LogP) is 6.52. The molecule has 9 heteroatoms. The van der Waals surface area contributed by atoms with E-state index in [-0.39, 0.29) is 12.1 Å². The molecule has 0 aliphatic carbocycles. The molecule has 0 spiro atoms. The lowest BCUT2D eigenvalue weighted by Crippen LogP contribution is -2.17. The number of primary amides is 1. The molecule has 1 heterocycles. The number of halogens is 5. The highest BCUT2D eigenvalue weighted by Gasteiger charge is 2.31. The van der Waals surface area contributed by atoms with Crippen LogP contribution in [-0.2, 0) is 13.0 Å². The van der Waals surface area contributed by atoms with E-state index in [4.69, 9.17) is 5.73 Å². The number of aromatic nitrogens is 1. The number of benzene rings is 2. The van der Waals surface area contributed by atoms with Crippen LogP contribution in [0.1, 0.15) is 53.5 Å². The number of amides is 1. The number of hydrogen-bond donors (Lipinski definition) is 1. The molecular formula is C25H25F5N2O2. The van der Waals surface area contributed by atoms with Gasteiger partial charge in [0.05, 0.1) is 5.56 Å². The molecule has 3 rings (SSSR count). The van der Waals surface area contributed by atoms with Crippen LogP contribution < -0.4 is 10.5 Å². The van der Waals surface area contributed by atoms with Crippen molar-refractivity contribution in [2.75, 3.05) is 0 Å². The standard InChI is InChI=1S/C25H25F5N2O2/c1-3-4-5-9-21-23(17-7-6-8-18(13-17)34-25(28,29)30)22(24(31)33)15(2)32(21)14-16-10-11-19(26)20(27)12-16/h6-8,10-13H,3-5,9,14H2,1-2H3,(H2,31,33). The summed E-state index contributed by atoms with van der Waals surface area (Å²) in [4.78, 5) is 12.5. The van der Waals surface area contributed by atoms with Crippen LogP contribution in [0.3, 0.4) is 0 Å². The SMILES string of the molecule is CCCCCc1c(-c2cccc(OC(F)(F)F)c2)c(C(N)=O)c(C)n1Cc1ccc(F)c(F)c1. The van der Waals surface area contributed by atoms with E-state index in [1.807, 2.05) is 6.92 Å². The third-order valence-corrected chi connectivity index (χ3v) is 5.58. The van der Waals surface area contributed by atoms with Crippen LogP contribution >= 0.6 is 0 Å². The summed E-state index contributed by atoms with van der Waals surface area (Å²) in [6, 6.07) is 8.90. The van der Waals surface area contributed by atoms with Crippen molar-refractivity contribution in [2.24, 2.45) is 5.73 Å². The summed E-state index contributed by atoms with van der Waals surface area (Å²) < 4.78 is 71.4. The lowest BCUT2D eigenvalue weighted by Gasteiger charge is -2.15. The second-order valence-corrected chi connectivity index (χ2v) is 8.01. The maximum atomic E-state index is 13.8. The van der Waals surface area contributed by atoms with Crippen molar-refractivity contribution in [3.8, 4) is 16.9 Å². The second-order valence-electron chi connectivity index (χ2n) is 8.01. The predicted molar refractivity (Wildman–Crippen MR) is 118 cm³/mol. The van der Waals surface area contributed by atoms with Gasteiger partial charge in [-0.05, 0) is 55.2 Å². The number of nitrogens with two attached hydrogens (primary N) is 1. The number of carbonyl (C=O) groups excluding carboxylic acids is 1. The molecule has 0 bridgehead atoms. The average Bonchev–Trinajstić information content (AvgIpc) is 3.02. The monoisotopic (exact) mass is 480 g/mol. The van der Waals surface area contributed by atoms with E-state index in [0.29, 0.717) is 34.5 Å². The molecule has 3 aromatic rings. The summed E-state index contributed by atoms with van der Waals surface area (Å²) in [5.74, 6) is -3.14. The van der Waals surface area contributed by atoms with E-state index >= 15 is 0 Å². The van der Waals surface area contributed by atoms with Crippen LogP contribution in [0.5, 0.6) is 5.75 Å². The van der Waals surface area contributed by atoms with E-state index in [0.717, 1.165) is 31.4 Å². The molecule has 182 valence electrons. The highest BCUT2D eigenvalue weighted by Crippen LogP contribution is 2.37. The zero-order valence-electron chi connectivity index (χ0n) is 18.8. The maximum absolute atomic E-state index is 13.8. The van der Waals surface area contributed by atoms with E-state index in [9.17, 15) is 26.7 Å². The third kappa shape index (κ3) is 5.76. The maximum Gasteiger partial charge on any atom is 0.573 e. The number of unbranched alkanes of at least 4 members (excludes halogenated alkanes) is 2. The molecule has 34 heavy (non-hydrogen) atoms. The van der Waals surface area contributed by atoms with E-state index < -0.39 is 29.7 Å². The molecule has 0 atom stereocenters. The lowest BCUT2D eigenvalue weighted by molar-refractivity contribution is -0.274. The minimum absolute atomic E-state index is 0.128. The molecule has 0 aliphatic heterocycles. The van der Waals surface area contributed by atoms with E-state index in [1.165, 1.54) is 24.3 Å². The van der Waals surface area contributed by atoms with Gasteiger partial charge in [-0.15, -0.1) is 13.2 Å². The van der Waals surface area contributed by atoms with E-state index in [1.54, 1.807) is 17.6 Å². The van der Waals surface area contributed by atoms with Crippen molar-refractivity contribution in [2.45, 2.75) is 52.4 Å². The highest BCUT2D eigenvalue weighted by molar-refractivity contribution is 6.02. The molecule has 4 nitrogen and oxygen atoms in total. The van der Waals surface area contributed by atoms with Crippen LogP contribution in [0.25, 0.3) is 11.1 Å². The van der Waals surface area contributed by atoms with Gasteiger partial charge in [0.25, 0.3) is 5.91 Å². The number of carbonyl (C=O) groups is 1. The summed E-state index contributed by atoms with van der Waals surface area (Å²) >= 11 is 0. The molecule has 2 aromatic carbocycles. The Labute approximate surface area is 194 Å². The Kier molecular flexibility index (Phi) is 7.64. The molecule has 0 aliphatic rings. The van der Waals surface area contributed by atoms with Gasteiger partial charge in [0.2, 0.25) is 0 Å². The summed E-state index contributed by atoms with van der Waals surface area (Å²) in [6.45, 7) is 3.83. The fourth-order valence-corrected chi connectivity index (χ4v) is 4.10. The van der Waals surface area contributed by atoms with Gasteiger partial charge in [0.1, 0.15) is 5.75 Å². The molecular weight excluding hydrogens is 455 g/mol. The van der Waals surface area contributed by atoms with E-state index in [2.05, 4.69) is 4.74 Å². The second kappa shape index (κ2) is 10.3. The van der Waals surface area contributed by atoms with Gasteiger partial charge in [-0.1, -0.05) is 38.0 Å².